The van der Waals surface area contributed by atoms with Crippen LogP contribution in [0.1, 0.15) is 35.1 Å². The summed E-state index contributed by atoms with van der Waals surface area (Å²) in [6.45, 7) is 12.7. The molecule has 0 radical (unpaired) electrons. The van der Waals surface area contributed by atoms with Crippen molar-refractivity contribution in [3.8, 4) is 11.4 Å². The first-order chi connectivity index (χ1) is 20.4. The molecule has 0 bridgehead atoms. The molecule has 44 heavy (non-hydrogen) atoms. The van der Waals surface area contributed by atoms with Gasteiger partial charge in [-0.3, -0.25) is 0 Å². The minimum atomic E-state index is -1.72. The standard InChI is InChI=1S/C13H14Cl2N4.C10H15N.C3Cl3N3.CH4.Al.3ClH/c1-3-19(4-2)10-7-5-9(6-8-10)11-16-12(14)18-13(15)17-11;1-3-11(4-2)10-8-6-5-7-9-10;4-1-7-2(5)9-3(6)8-1;;;;;/h5-8H,3-4H2,1-2H3;5-9H,3-4H2,1-2H3;;1H4;;3*1H/q;;;;+3;;;/p-3. The van der Waals surface area contributed by atoms with E-state index in [1.165, 1.54) is 11.4 Å². The molecule has 2 aromatic carbocycles. The topological polar surface area (TPSA) is 83.8 Å². The fourth-order valence-corrected chi connectivity index (χ4v) is 4.37. The zero-order valence-electron chi connectivity index (χ0n) is 23.7. The Bertz CT molecular complexity index is 1260. The van der Waals surface area contributed by atoms with E-state index in [9.17, 15) is 0 Å². The number of para-hydroxylation sites is 1. The number of halogens is 8. The maximum absolute atomic E-state index is 5.77. The largest absolute Gasteiger partial charge is 0.643 e. The summed E-state index contributed by atoms with van der Waals surface area (Å²) in [5, 5.41) is 0.200. The fraction of sp³-hybridized carbons (Fsp3) is 0.333. The molecule has 17 heteroatoms. The van der Waals surface area contributed by atoms with E-state index in [4.69, 9.17) is 88.2 Å². The van der Waals surface area contributed by atoms with Gasteiger partial charge in [-0.25, -0.2) is 30.1 Å². The number of nitrogens with zero attached hydrogens (tertiary/aromatic N) is 8. The third kappa shape index (κ3) is 17.6. The van der Waals surface area contributed by atoms with Gasteiger partial charge in [-0.15, -0.1) is 0 Å². The zero-order chi connectivity index (χ0) is 32.4. The van der Waals surface area contributed by atoms with E-state index >= 15 is 0 Å². The van der Waals surface area contributed by atoms with E-state index in [0.29, 0.717) is 5.82 Å². The van der Waals surface area contributed by atoms with E-state index in [1.54, 1.807) is 0 Å². The summed E-state index contributed by atoms with van der Waals surface area (Å²) in [7, 11) is 14.8. The van der Waals surface area contributed by atoms with Crippen LogP contribution < -0.4 is 9.80 Å². The number of benzene rings is 2. The molecule has 8 nitrogen and oxygen atoms in total. The zero-order valence-corrected chi connectivity index (χ0v) is 30.9. The number of rotatable bonds is 7. The van der Waals surface area contributed by atoms with Crippen LogP contribution in [0.4, 0.5) is 11.4 Å². The summed E-state index contributed by atoms with van der Waals surface area (Å²) in [6.07, 6.45) is 0. The molecule has 0 saturated carbocycles. The minimum absolute atomic E-state index is 0. The third-order valence-corrected chi connectivity index (χ3v) is 6.12. The maximum atomic E-state index is 5.77. The van der Waals surface area contributed by atoms with Crippen LogP contribution in [0.25, 0.3) is 11.4 Å². The van der Waals surface area contributed by atoms with E-state index < -0.39 is 11.4 Å². The predicted molar refractivity (Wildman–Crippen MR) is 194 cm³/mol. The van der Waals surface area contributed by atoms with Crippen molar-refractivity contribution in [3.05, 3.63) is 81.0 Å². The van der Waals surface area contributed by atoms with Crippen LogP contribution in [-0.4, -0.2) is 67.5 Å². The summed E-state index contributed by atoms with van der Waals surface area (Å²) in [5.74, 6) is 0.482. The van der Waals surface area contributed by atoms with Gasteiger partial charge in [0.15, 0.2) is 5.82 Å². The minimum Gasteiger partial charge on any atom is -0.372 e. The van der Waals surface area contributed by atoms with Gasteiger partial charge in [-0.1, -0.05) is 25.6 Å². The van der Waals surface area contributed by atoms with E-state index in [0.717, 1.165) is 31.7 Å². The molecule has 0 aliphatic rings. The highest BCUT2D eigenvalue weighted by atomic mass is 35.8. The van der Waals surface area contributed by atoms with Crippen molar-refractivity contribution in [3.63, 3.8) is 0 Å². The molecule has 0 spiro atoms. The number of anilines is 2. The molecule has 0 unspecified atom stereocenters. The molecular formula is C27H33AlCl8N8. The van der Waals surface area contributed by atoms with Crippen LogP contribution in [0.3, 0.4) is 0 Å². The third-order valence-electron chi connectivity index (χ3n) is 5.27. The van der Waals surface area contributed by atoms with Crippen molar-refractivity contribution in [2.24, 2.45) is 0 Å². The van der Waals surface area contributed by atoms with Crippen molar-refractivity contribution in [2.45, 2.75) is 35.1 Å². The second-order valence-electron chi connectivity index (χ2n) is 7.81. The lowest BCUT2D eigenvalue weighted by atomic mass is 10.2. The molecule has 240 valence electrons. The van der Waals surface area contributed by atoms with Gasteiger partial charge in [-0.2, -0.15) is 29.9 Å². The Morgan fingerprint density at radius 1 is 0.500 bits per heavy atom. The molecule has 2 heterocycles. The van der Waals surface area contributed by atoms with Gasteiger partial charge in [0.25, 0.3) is 0 Å². The smallest absolute Gasteiger partial charge is 0.372 e. The lowest BCUT2D eigenvalue weighted by molar-refractivity contribution is 0.866. The van der Waals surface area contributed by atoms with Gasteiger partial charge in [0.2, 0.25) is 26.4 Å². The van der Waals surface area contributed by atoms with Crippen molar-refractivity contribution in [2.75, 3.05) is 36.0 Å². The summed E-state index contributed by atoms with van der Waals surface area (Å²) in [4.78, 5) is 26.8. The molecule has 2 aromatic heterocycles. The summed E-state index contributed by atoms with van der Waals surface area (Å²) >= 11 is 25.8. The van der Waals surface area contributed by atoms with Crippen molar-refractivity contribution in [1.29, 1.82) is 0 Å². The highest BCUT2D eigenvalue weighted by Crippen LogP contribution is 2.22. The molecule has 0 N–H and O–H groups in total. The first-order valence-electron chi connectivity index (χ1n) is 12.8. The van der Waals surface area contributed by atoms with Gasteiger partial charge in [0.05, 0.1) is 0 Å². The second-order valence-corrected chi connectivity index (χ2v) is 15.9. The van der Waals surface area contributed by atoms with Crippen LogP contribution in [0.2, 0.25) is 26.4 Å². The first-order valence-corrected chi connectivity index (χ1v) is 19.9. The lowest BCUT2D eigenvalue weighted by Gasteiger charge is -2.20. The summed E-state index contributed by atoms with van der Waals surface area (Å²) in [5.41, 5.74) is 3.35. The van der Waals surface area contributed by atoms with E-state index in [1.807, 2.05) is 30.3 Å². The number of aromatic nitrogens is 6. The van der Waals surface area contributed by atoms with Crippen molar-refractivity contribution < 1.29 is 0 Å². The molecule has 0 aliphatic carbocycles. The van der Waals surface area contributed by atoms with Crippen LogP contribution in [0.5, 0.6) is 0 Å². The molecule has 0 aliphatic heterocycles. The van der Waals surface area contributed by atoms with Gasteiger partial charge in [0.1, 0.15) is 0 Å². The Kier molecular flexibility index (Phi) is 23.5. The molecule has 0 fully saturated rings. The lowest BCUT2D eigenvalue weighted by Crippen LogP contribution is -2.21. The average Bonchev–Trinajstić information content (AvgIpc) is 2.95. The Labute approximate surface area is 302 Å². The van der Waals surface area contributed by atoms with Gasteiger partial charge in [0, 0.05) is 43.1 Å². The first kappa shape index (κ1) is 42.9. The van der Waals surface area contributed by atoms with E-state index in [2.05, 4.69) is 91.7 Å². The normalized spacial score (nSPS) is 9.55. The van der Waals surface area contributed by atoms with Gasteiger partial charge < -0.3 is 9.80 Å². The second kappa shape index (κ2) is 24.1. The highest BCUT2D eigenvalue weighted by molar-refractivity contribution is 7.54. The SMILES string of the molecule is C.CCN(CC)c1ccc(-c2nc(Cl)nc(Cl)n2)cc1.CCN(CC)c1ccccc1.Clc1nc(Cl)nc(Cl)n1.[Cl][Al]([Cl])[Cl]. The summed E-state index contributed by atoms with van der Waals surface area (Å²) in [6, 6.07) is 18.5. The number of hydrogen-bond acceptors (Lipinski definition) is 8. The molecular weight excluding hydrogens is 747 g/mol. The van der Waals surface area contributed by atoms with Crippen LogP contribution in [-0.2, 0) is 0 Å². The Hall–Kier alpha value is -1.09. The summed E-state index contributed by atoms with van der Waals surface area (Å²) < 4.78 is 0. The number of hydrogen-bond donors (Lipinski definition) is 0. The molecule has 4 aromatic rings. The molecule has 0 atom stereocenters. The maximum Gasteiger partial charge on any atom is 0.643 e. The molecule has 0 saturated heterocycles. The van der Waals surface area contributed by atoms with Crippen molar-refractivity contribution in [1.82, 2.24) is 29.9 Å². The molecule has 4 rings (SSSR count). The highest BCUT2D eigenvalue weighted by Gasteiger charge is 2.07. The monoisotopic (exact) mass is 776 g/mol. The Morgan fingerprint density at radius 2 is 0.795 bits per heavy atom. The fourth-order valence-electron chi connectivity index (χ4n) is 3.40. The van der Waals surface area contributed by atoms with E-state index in [-0.39, 0.29) is 33.8 Å². The Morgan fingerprint density at radius 3 is 1.11 bits per heavy atom. The van der Waals surface area contributed by atoms with Gasteiger partial charge >= 0.3 is 11.4 Å². The van der Waals surface area contributed by atoms with Crippen LogP contribution in [0.15, 0.2) is 54.6 Å². The van der Waals surface area contributed by atoms with Gasteiger partial charge in [-0.05, 0) is 122 Å². The van der Waals surface area contributed by atoms with Crippen LogP contribution in [0, 0.1) is 0 Å². The predicted octanol–water partition coefficient (Wildman–Crippen LogP) is 10.4. The average molecular weight is 780 g/mol. The molecule has 0 amide bonds. The quantitative estimate of drug-likeness (QED) is 0.172. The Balaban J connectivity index is 0.000000630. The van der Waals surface area contributed by atoms with Crippen LogP contribution >= 0.6 is 88.2 Å². The van der Waals surface area contributed by atoms with Crippen molar-refractivity contribution >= 4 is 111 Å².